The van der Waals surface area contributed by atoms with E-state index in [9.17, 15) is 19.7 Å². The Bertz CT molecular complexity index is 1240. The number of non-ortho nitro benzene ring substituents is 1. The largest absolute Gasteiger partial charge is 0.493 e. The number of hydrazone groups is 1. The molecule has 3 aromatic carbocycles. The highest BCUT2D eigenvalue weighted by Gasteiger charge is 2.14. The van der Waals surface area contributed by atoms with Crippen molar-refractivity contribution in [1.82, 2.24) is 5.43 Å². The zero-order valence-electron chi connectivity index (χ0n) is 18.8. The van der Waals surface area contributed by atoms with Crippen molar-refractivity contribution in [2.75, 3.05) is 20.8 Å². The van der Waals surface area contributed by atoms with Crippen LogP contribution in [0.1, 0.15) is 15.9 Å². The van der Waals surface area contributed by atoms with E-state index in [1.807, 2.05) is 0 Å². The van der Waals surface area contributed by atoms with Gasteiger partial charge in [0.25, 0.3) is 11.6 Å². The lowest BCUT2D eigenvalue weighted by molar-refractivity contribution is -0.384. The quantitative estimate of drug-likeness (QED) is 0.154. The number of nitro benzene ring substituents is 1. The molecule has 0 aliphatic rings. The van der Waals surface area contributed by atoms with Gasteiger partial charge in [0.2, 0.25) is 0 Å². The summed E-state index contributed by atoms with van der Waals surface area (Å²) in [6.07, 6.45) is 1.38. The second-order valence-corrected chi connectivity index (χ2v) is 6.84. The topological polar surface area (TPSA) is 139 Å². The van der Waals surface area contributed by atoms with Crippen LogP contribution in [0.2, 0.25) is 0 Å². The van der Waals surface area contributed by atoms with Gasteiger partial charge in [-0.25, -0.2) is 10.2 Å². The number of nitro groups is 1. The molecule has 1 N–H and O–H groups in total. The van der Waals surface area contributed by atoms with Crippen LogP contribution in [-0.2, 0) is 4.79 Å². The van der Waals surface area contributed by atoms with Crippen molar-refractivity contribution in [3.05, 3.63) is 88.0 Å². The molecule has 3 rings (SSSR count). The number of benzene rings is 3. The summed E-state index contributed by atoms with van der Waals surface area (Å²) in [5.74, 6) is 0.134. The van der Waals surface area contributed by atoms with Crippen LogP contribution in [0.15, 0.2) is 71.8 Å². The van der Waals surface area contributed by atoms with Gasteiger partial charge in [-0.3, -0.25) is 14.9 Å². The molecule has 1 amide bonds. The molecule has 0 aromatic heterocycles. The molecular formula is C24H21N3O8. The first kappa shape index (κ1) is 24.7. The fourth-order valence-corrected chi connectivity index (χ4v) is 2.82. The Morgan fingerprint density at radius 3 is 2.29 bits per heavy atom. The summed E-state index contributed by atoms with van der Waals surface area (Å²) in [5.41, 5.74) is 2.91. The minimum absolute atomic E-state index is 0.138. The van der Waals surface area contributed by atoms with Crippen molar-refractivity contribution in [2.24, 2.45) is 5.10 Å². The molecule has 0 aliphatic carbocycles. The number of rotatable bonds is 10. The van der Waals surface area contributed by atoms with Crippen LogP contribution < -0.4 is 24.4 Å². The van der Waals surface area contributed by atoms with E-state index in [4.69, 9.17) is 18.9 Å². The van der Waals surface area contributed by atoms with Gasteiger partial charge in [-0.1, -0.05) is 12.1 Å². The van der Waals surface area contributed by atoms with Crippen molar-refractivity contribution >= 4 is 23.8 Å². The van der Waals surface area contributed by atoms with Crippen molar-refractivity contribution < 1.29 is 33.5 Å². The van der Waals surface area contributed by atoms with Gasteiger partial charge in [0.05, 0.1) is 30.9 Å². The standard InChI is InChI=1S/C24H21N3O8/c1-32-19-5-3-4-6-20(19)34-15-23(28)26-25-14-16-7-12-21(22(13-16)33-2)35-24(29)17-8-10-18(11-9-17)27(30)31/h3-14H,15H2,1-2H3,(H,26,28). The van der Waals surface area contributed by atoms with Crippen LogP contribution in [-0.4, -0.2) is 43.8 Å². The van der Waals surface area contributed by atoms with Crippen LogP contribution >= 0.6 is 0 Å². The molecule has 3 aromatic rings. The molecule has 0 unspecified atom stereocenters. The first-order valence-corrected chi connectivity index (χ1v) is 10.1. The third kappa shape index (κ3) is 6.78. The van der Waals surface area contributed by atoms with Gasteiger partial charge in [0, 0.05) is 12.1 Å². The molecule has 11 nitrogen and oxygen atoms in total. The molecule has 0 atom stereocenters. The number of amides is 1. The lowest BCUT2D eigenvalue weighted by Crippen LogP contribution is -2.24. The number of ether oxygens (including phenoxy) is 4. The summed E-state index contributed by atoms with van der Waals surface area (Å²) in [4.78, 5) is 34.5. The molecule has 35 heavy (non-hydrogen) atoms. The number of nitrogens with one attached hydrogen (secondary N) is 1. The van der Waals surface area contributed by atoms with Crippen molar-refractivity contribution in [3.63, 3.8) is 0 Å². The van der Waals surface area contributed by atoms with Crippen LogP contribution in [0, 0.1) is 10.1 Å². The average Bonchev–Trinajstić information content (AvgIpc) is 2.88. The van der Waals surface area contributed by atoms with E-state index in [-0.39, 0.29) is 29.4 Å². The zero-order valence-corrected chi connectivity index (χ0v) is 18.8. The Balaban J connectivity index is 1.57. The van der Waals surface area contributed by atoms with Crippen LogP contribution in [0.4, 0.5) is 5.69 Å². The maximum absolute atomic E-state index is 12.4. The molecular weight excluding hydrogens is 458 g/mol. The van der Waals surface area contributed by atoms with E-state index in [0.717, 1.165) is 0 Å². The molecule has 180 valence electrons. The lowest BCUT2D eigenvalue weighted by Gasteiger charge is -2.10. The monoisotopic (exact) mass is 479 g/mol. The Hall–Kier alpha value is -4.93. The molecule has 11 heteroatoms. The van der Waals surface area contributed by atoms with E-state index in [1.165, 1.54) is 50.8 Å². The number of carbonyl (C=O) groups excluding carboxylic acids is 2. The number of para-hydroxylation sites is 2. The minimum Gasteiger partial charge on any atom is -0.493 e. The van der Waals surface area contributed by atoms with Gasteiger partial charge in [-0.15, -0.1) is 0 Å². The number of carbonyl (C=O) groups is 2. The molecule has 0 saturated heterocycles. The zero-order chi connectivity index (χ0) is 25.2. The van der Waals surface area contributed by atoms with Crippen LogP contribution in [0.25, 0.3) is 0 Å². The highest BCUT2D eigenvalue weighted by atomic mass is 16.6. The molecule has 0 fully saturated rings. The fraction of sp³-hybridized carbons (Fsp3) is 0.125. The van der Waals surface area contributed by atoms with E-state index in [0.29, 0.717) is 17.1 Å². The SMILES string of the molecule is COc1ccccc1OCC(=O)NN=Cc1ccc(OC(=O)c2ccc([N+](=O)[O-])cc2)c(OC)c1. The van der Waals surface area contributed by atoms with Crippen molar-refractivity contribution in [2.45, 2.75) is 0 Å². The Morgan fingerprint density at radius 1 is 0.943 bits per heavy atom. The van der Waals surface area contributed by atoms with E-state index in [2.05, 4.69) is 10.5 Å². The third-order valence-electron chi connectivity index (χ3n) is 4.53. The van der Waals surface area contributed by atoms with Crippen molar-refractivity contribution in [1.29, 1.82) is 0 Å². The van der Waals surface area contributed by atoms with Gasteiger partial charge in [-0.05, 0) is 48.0 Å². The number of methoxy groups -OCH3 is 2. The molecule has 0 bridgehead atoms. The normalized spacial score (nSPS) is 10.5. The second kappa shape index (κ2) is 11.8. The minimum atomic E-state index is -0.707. The number of hydrogen-bond acceptors (Lipinski definition) is 9. The van der Waals surface area contributed by atoms with Gasteiger partial charge in [-0.2, -0.15) is 5.10 Å². The summed E-state index contributed by atoms with van der Waals surface area (Å²) in [5, 5.41) is 14.6. The Morgan fingerprint density at radius 2 is 1.63 bits per heavy atom. The van der Waals surface area contributed by atoms with E-state index >= 15 is 0 Å². The second-order valence-electron chi connectivity index (χ2n) is 6.84. The van der Waals surface area contributed by atoms with Crippen molar-refractivity contribution in [3.8, 4) is 23.0 Å². The maximum atomic E-state index is 12.4. The van der Waals surface area contributed by atoms with Gasteiger partial charge in [0.15, 0.2) is 29.6 Å². The highest BCUT2D eigenvalue weighted by Crippen LogP contribution is 2.29. The molecule has 0 radical (unpaired) electrons. The fourth-order valence-electron chi connectivity index (χ4n) is 2.82. The summed E-state index contributed by atoms with van der Waals surface area (Å²) in [6.45, 7) is -0.265. The smallest absolute Gasteiger partial charge is 0.343 e. The first-order valence-electron chi connectivity index (χ1n) is 10.1. The Labute approximate surface area is 200 Å². The van der Waals surface area contributed by atoms with Crippen LogP contribution in [0.3, 0.4) is 0 Å². The summed E-state index contributed by atoms with van der Waals surface area (Å²) in [6, 6.07) is 16.6. The van der Waals surface area contributed by atoms with E-state index < -0.39 is 16.8 Å². The number of esters is 1. The van der Waals surface area contributed by atoms with Gasteiger partial charge >= 0.3 is 5.97 Å². The number of hydrogen-bond donors (Lipinski definition) is 1. The lowest BCUT2D eigenvalue weighted by atomic mass is 10.2. The predicted molar refractivity (Wildman–Crippen MR) is 125 cm³/mol. The summed E-state index contributed by atoms with van der Waals surface area (Å²) in [7, 11) is 2.90. The van der Waals surface area contributed by atoms with Gasteiger partial charge in [0.1, 0.15) is 0 Å². The molecule has 0 spiro atoms. The highest BCUT2D eigenvalue weighted by molar-refractivity contribution is 5.92. The van der Waals surface area contributed by atoms with E-state index in [1.54, 1.807) is 36.4 Å². The van der Waals surface area contributed by atoms with Gasteiger partial charge < -0.3 is 18.9 Å². The van der Waals surface area contributed by atoms with Crippen LogP contribution in [0.5, 0.6) is 23.0 Å². The predicted octanol–water partition coefficient (Wildman–Crippen LogP) is 3.36. The number of nitrogens with zero attached hydrogens (tertiary/aromatic N) is 2. The summed E-state index contributed by atoms with van der Waals surface area (Å²) < 4.78 is 21.2. The molecule has 0 aliphatic heterocycles. The maximum Gasteiger partial charge on any atom is 0.343 e. The molecule has 0 saturated carbocycles. The molecule has 0 heterocycles. The first-order chi connectivity index (χ1) is 16.9. The Kier molecular flexibility index (Phi) is 8.33. The average molecular weight is 479 g/mol. The third-order valence-corrected chi connectivity index (χ3v) is 4.53. The summed E-state index contributed by atoms with van der Waals surface area (Å²) >= 11 is 0.